The topological polar surface area (TPSA) is 102 Å². The van der Waals surface area contributed by atoms with E-state index in [0.29, 0.717) is 51.0 Å². The number of anilines is 1. The smallest absolute Gasteiger partial charge is 0.301 e. The molecule has 1 aromatic heterocycles. The van der Waals surface area contributed by atoms with Crippen molar-refractivity contribution in [2.24, 2.45) is 0 Å². The fourth-order valence-electron chi connectivity index (χ4n) is 4.81. The molecule has 12 heteroatoms. The Morgan fingerprint density at radius 1 is 1.00 bits per heavy atom. The van der Waals surface area contributed by atoms with Crippen molar-refractivity contribution in [3.8, 4) is 11.5 Å². The highest BCUT2D eigenvalue weighted by atomic mass is 35.5. The van der Waals surface area contributed by atoms with Gasteiger partial charge in [-0.05, 0) is 73.0 Å². The molecular weight excluding hydrogens is 637 g/mol. The molecule has 3 aromatic carbocycles. The molecule has 4 aromatic rings. The van der Waals surface area contributed by atoms with E-state index in [0.717, 1.165) is 36.2 Å². The van der Waals surface area contributed by atoms with E-state index in [1.165, 1.54) is 28.8 Å². The molecule has 1 aliphatic heterocycles. The number of aliphatic hydroxyl groups excluding tert-OH is 1. The number of halogens is 2. The summed E-state index contributed by atoms with van der Waals surface area (Å²) in [6.07, 6.45) is 2.99. The standard InChI is InChI=1S/C33H31ClFN3O5S2/c1-3-5-6-17-43-25-16-11-22(18-26(25)42-4-2)28-27(29(39)21-9-12-23(34)13-10-21)30(40)31(41)38(28)32-36-37-33(45-32)44-19-20-7-14-24(35)15-8-20/h7-16,18,28,39H,3-6,17,19H2,1-2H3. The van der Waals surface area contributed by atoms with E-state index in [1.807, 2.05) is 6.92 Å². The number of hydrogen-bond acceptors (Lipinski definition) is 9. The average Bonchev–Trinajstić information content (AvgIpc) is 3.61. The number of unbranched alkanes of at least 4 members (excludes halogenated alkanes) is 2. The second kappa shape index (κ2) is 14.9. The van der Waals surface area contributed by atoms with Crippen molar-refractivity contribution < 1.29 is 28.6 Å². The van der Waals surface area contributed by atoms with E-state index < -0.39 is 17.7 Å². The highest BCUT2D eigenvalue weighted by Gasteiger charge is 2.48. The molecule has 8 nitrogen and oxygen atoms in total. The Hall–Kier alpha value is -3.93. The SMILES string of the molecule is CCCCCOc1ccc(C2C(=C(O)c3ccc(Cl)cc3)C(=O)C(=O)N2c2nnc(SCc3ccc(F)cc3)s2)cc1OCC. The van der Waals surface area contributed by atoms with E-state index in [1.54, 1.807) is 54.6 Å². The Balaban J connectivity index is 1.54. The Morgan fingerprint density at radius 3 is 2.47 bits per heavy atom. The normalized spacial score (nSPS) is 15.9. The summed E-state index contributed by atoms with van der Waals surface area (Å²) in [7, 11) is 0. The minimum atomic E-state index is -1.03. The number of Topliss-reactive ketones (excluding diaryl/α,β-unsaturated/α-hetero) is 1. The van der Waals surface area contributed by atoms with Crippen LogP contribution >= 0.6 is 34.7 Å². The largest absolute Gasteiger partial charge is 0.507 e. The first-order chi connectivity index (χ1) is 21.8. The third-order valence-corrected chi connectivity index (χ3v) is 9.41. The van der Waals surface area contributed by atoms with Gasteiger partial charge in [-0.3, -0.25) is 14.5 Å². The van der Waals surface area contributed by atoms with Crippen molar-refractivity contribution in [1.82, 2.24) is 10.2 Å². The molecular formula is C33H31ClFN3O5S2. The molecule has 5 rings (SSSR count). The van der Waals surface area contributed by atoms with Gasteiger partial charge >= 0.3 is 5.91 Å². The predicted molar refractivity (Wildman–Crippen MR) is 175 cm³/mol. The van der Waals surface area contributed by atoms with Crippen LogP contribution in [-0.2, 0) is 15.3 Å². The molecule has 1 saturated heterocycles. The van der Waals surface area contributed by atoms with Crippen LogP contribution < -0.4 is 14.4 Å². The molecule has 2 heterocycles. The number of carbonyl (C=O) groups excluding carboxylic acids is 2. The van der Waals surface area contributed by atoms with E-state index in [9.17, 15) is 19.1 Å². The van der Waals surface area contributed by atoms with Crippen LogP contribution in [-0.4, -0.2) is 40.2 Å². The molecule has 1 aliphatic rings. The van der Waals surface area contributed by atoms with Crippen LogP contribution in [0.4, 0.5) is 9.52 Å². The third kappa shape index (κ3) is 7.49. The molecule has 1 unspecified atom stereocenters. The van der Waals surface area contributed by atoms with Gasteiger partial charge in [-0.1, -0.05) is 72.7 Å². The molecule has 0 radical (unpaired) electrons. The van der Waals surface area contributed by atoms with Crippen LogP contribution in [0.2, 0.25) is 5.02 Å². The van der Waals surface area contributed by atoms with Crippen LogP contribution in [0.5, 0.6) is 11.5 Å². The zero-order valence-corrected chi connectivity index (χ0v) is 27.1. The highest BCUT2D eigenvalue weighted by molar-refractivity contribution is 8.00. The summed E-state index contributed by atoms with van der Waals surface area (Å²) in [4.78, 5) is 28.5. The minimum Gasteiger partial charge on any atom is -0.507 e. The Morgan fingerprint density at radius 2 is 1.76 bits per heavy atom. The fraction of sp³-hybridized carbons (Fsp3) is 0.273. The molecule has 234 valence electrons. The minimum absolute atomic E-state index is 0.0999. The fourth-order valence-corrected chi connectivity index (χ4v) is 6.76. The van der Waals surface area contributed by atoms with Gasteiger partial charge in [0.2, 0.25) is 5.13 Å². The maximum atomic E-state index is 13.6. The summed E-state index contributed by atoms with van der Waals surface area (Å²) in [6, 6.07) is 16.7. The lowest BCUT2D eigenvalue weighted by molar-refractivity contribution is -0.132. The first-order valence-electron chi connectivity index (χ1n) is 14.5. The van der Waals surface area contributed by atoms with Gasteiger partial charge in [0, 0.05) is 16.3 Å². The van der Waals surface area contributed by atoms with Gasteiger partial charge in [-0.25, -0.2) is 4.39 Å². The lowest BCUT2D eigenvalue weighted by Gasteiger charge is -2.23. The summed E-state index contributed by atoms with van der Waals surface area (Å²) in [5.74, 6) is -0.866. The van der Waals surface area contributed by atoms with Crippen molar-refractivity contribution in [2.45, 2.75) is 49.2 Å². The number of ether oxygens (including phenoxy) is 2. The number of aromatic nitrogens is 2. The van der Waals surface area contributed by atoms with E-state index >= 15 is 0 Å². The summed E-state index contributed by atoms with van der Waals surface area (Å²) in [6.45, 7) is 4.86. The summed E-state index contributed by atoms with van der Waals surface area (Å²) in [5.41, 5.74) is 1.64. The second-order valence-electron chi connectivity index (χ2n) is 10.1. The lowest BCUT2D eigenvalue weighted by Crippen LogP contribution is -2.29. The second-order valence-corrected chi connectivity index (χ2v) is 12.8. The molecule has 0 bridgehead atoms. The summed E-state index contributed by atoms with van der Waals surface area (Å²) < 4.78 is 25.8. The number of thioether (sulfide) groups is 1. The molecule has 1 N–H and O–H groups in total. The van der Waals surface area contributed by atoms with E-state index in [4.69, 9.17) is 21.1 Å². The van der Waals surface area contributed by atoms with Crippen molar-refractivity contribution in [1.29, 1.82) is 0 Å². The summed E-state index contributed by atoms with van der Waals surface area (Å²) >= 11 is 8.58. The first kappa shape index (κ1) is 32.5. The van der Waals surface area contributed by atoms with Crippen LogP contribution in [0.25, 0.3) is 5.76 Å². The maximum absolute atomic E-state index is 13.6. The van der Waals surface area contributed by atoms with Gasteiger partial charge < -0.3 is 14.6 Å². The third-order valence-electron chi connectivity index (χ3n) is 7.03. The predicted octanol–water partition coefficient (Wildman–Crippen LogP) is 8.22. The van der Waals surface area contributed by atoms with Gasteiger partial charge in [0.25, 0.3) is 5.78 Å². The molecule has 1 atom stereocenters. The number of carbonyl (C=O) groups is 2. The number of rotatable bonds is 13. The Bertz CT molecular complexity index is 1700. The summed E-state index contributed by atoms with van der Waals surface area (Å²) in [5, 5.41) is 20.6. The van der Waals surface area contributed by atoms with Gasteiger partial charge in [0.15, 0.2) is 15.8 Å². The molecule has 0 saturated carbocycles. The zero-order valence-electron chi connectivity index (χ0n) is 24.7. The zero-order chi connectivity index (χ0) is 31.9. The maximum Gasteiger partial charge on any atom is 0.301 e. The molecule has 1 amide bonds. The highest BCUT2D eigenvalue weighted by Crippen LogP contribution is 2.45. The quantitative estimate of drug-likeness (QED) is 0.0380. The number of amides is 1. The van der Waals surface area contributed by atoms with Crippen LogP contribution in [0.15, 0.2) is 76.6 Å². The number of aliphatic hydroxyl groups is 1. The number of ketones is 1. The van der Waals surface area contributed by atoms with Gasteiger partial charge in [0.05, 0.1) is 24.8 Å². The van der Waals surface area contributed by atoms with Gasteiger partial charge in [-0.15, -0.1) is 10.2 Å². The Kier molecular flexibility index (Phi) is 10.7. The Labute approximate surface area is 273 Å². The average molecular weight is 668 g/mol. The number of benzene rings is 3. The van der Waals surface area contributed by atoms with Crippen molar-refractivity contribution in [3.05, 3.63) is 99.8 Å². The van der Waals surface area contributed by atoms with Crippen molar-refractivity contribution in [2.75, 3.05) is 18.1 Å². The van der Waals surface area contributed by atoms with Crippen molar-refractivity contribution >= 4 is 57.3 Å². The number of nitrogens with zero attached hydrogens (tertiary/aromatic N) is 3. The number of hydrogen-bond donors (Lipinski definition) is 1. The monoisotopic (exact) mass is 667 g/mol. The van der Waals surface area contributed by atoms with Crippen molar-refractivity contribution in [3.63, 3.8) is 0 Å². The molecule has 0 spiro atoms. The molecule has 1 fully saturated rings. The van der Waals surface area contributed by atoms with Crippen LogP contribution in [0.3, 0.4) is 0 Å². The molecule has 0 aliphatic carbocycles. The van der Waals surface area contributed by atoms with Crippen LogP contribution in [0, 0.1) is 5.82 Å². The van der Waals surface area contributed by atoms with E-state index in [2.05, 4.69) is 17.1 Å². The molecule has 45 heavy (non-hydrogen) atoms. The van der Waals surface area contributed by atoms with Gasteiger partial charge in [0.1, 0.15) is 11.6 Å². The van der Waals surface area contributed by atoms with Gasteiger partial charge in [-0.2, -0.15) is 0 Å². The lowest BCUT2D eigenvalue weighted by atomic mass is 9.95. The first-order valence-corrected chi connectivity index (χ1v) is 16.7. The van der Waals surface area contributed by atoms with E-state index in [-0.39, 0.29) is 22.3 Å². The van der Waals surface area contributed by atoms with Crippen LogP contribution in [0.1, 0.15) is 55.8 Å².